The number of rotatable bonds is 44. The van der Waals surface area contributed by atoms with Crippen LogP contribution in [0.4, 0.5) is 0 Å². The van der Waals surface area contributed by atoms with E-state index in [9.17, 15) is 9.59 Å². The molecule has 0 bridgehead atoms. The second kappa shape index (κ2) is 90.9. The summed E-state index contributed by atoms with van der Waals surface area (Å²) in [5.74, 6) is -3.83. The Morgan fingerprint density at radius 3 is 0.560 bits per heavy atom. The Morgan fingerprint density at radius 2 is 0.427 bits per heavy atom. The van der Waals surface area contributed by atoms with Crippen LogP contribution in [0.5, 0.6) is 0 Å². The Kier molecular flexibility index (Phi) is 111. The molecule has 75 heavy (non-hydrogen) atoms. The van der Waals surface area contributed by atoms with Crippen LogP contribution in [0.3, 0.4) is 0 Å². The molecule has 0 aromatic rings. The second-order valence-corrected chi connectivity index (χ2v) is 12.6. The van der Waals surface area contributed by atoms with Gasteiger partial charge >= 0.3 is 11.9 Å². The van der Waals surface area contributed by atoms with Crippen molar-refractivity contribution in [1.82, 2.24) is 0 Å². The third-order valence-corrected chi connectivity index (χ3v) is 5.92. The summed E-state index contributed by atoms with van der Waals surface area (Å²) in [5, 5.41) is 55.1. The van der Waals surface area contributed by atoms with E-state index in [1.54, 1.807) is 20.8 Å². The van der Waals surface area contributed by atoms with Gasteiger partial charge in [0, 0.05) is 73.1 Å². The fraction of sp³-hybridized carbons (Fsp3) is 0.867. The first-order valence-electron chi connectivity index (χ1n) is 23.4. The monoisotopic (exact) mass is 1290 g/mol. The molecule has 0 saturated carbocycles. The smallest absolute Gasteiger partial charge is 0.332 e. The van der Waals surface area contributed by atoms with E-state index >= 15 is 0 Å². The number of esters is 2. The van der Waals surface area contributed by atoms with Gasteiger partial charge in [-0.2, -0.15) is 0 Å². The molecular formula is C45H92O28Rh2. The van der Waals surface area contributed by atoms with Crippen molar-refractivity contribution in [2.45, 2.75) is 54.9 Å². The van der Waals surface area contributed by atoms with Gasteiger partial charge in [0.1, 0.15) is 6.61 Å². The summed E-state index contributed by atoms with van der Waals surface area (Å²) in [7, 11) is 0. The average molecular weight is 1290 g/mol. The number of carboxylic acids is 4. The summed E-state index contributed by atoms with van der Waals surface area (Å²) in [5.41, 5.74) is 0. The largest absolute Gasteiger partial charge is 0.481 e. The molecule has 0 aliphatic heterocycles. The Hall–Kier alpha value is -2.57. The molecule has 28 nitrogen and oxygen atoms in total. The molecule has 0 aliphatic rings. The van der Waals surface area contributed by atoms with Gasteiger partial charge in [0.15, 0.2) is 0 Å². The van der Waals surface area contributed by atoms with E-state index in [0.717, 1.165) is 27.7 Å². The van der Waals surface area contributed by atoms with E-state index in [-0.39, 0.29) is 77.3 Å². The predicted octanol–water partition coefficient (Wildman–Crippen LogP) is 0.0467. The van der Waals surface area contributed by atoms with Crippen LogP contribution in [0, 0.1) is 0 Å². The molecule has 0 heterocycles. The topological polar surface area (TPSA) is 382 Å². The third kappa shape index (κ3) is 153. The zero-order chi connectivity index (χ0) is 56.7. The van der Waals surface area contributed by atoms with E-state index < -0.39 is 23.9 Å². The van der Waals surface area contributed by atoms with Crippen LogP contribution in [0.1, 0.15) is 54.9 Å². The van der Waals surface area contributed by atoms with Crippen LogP contribution in [0.25, 0.3) is 0 Å². The molecule has 2 radical (unpaired) electrons. The number of ether oxygens (including phenoxy) is 15. The molecule has 0 amide bonds. The van der Waals surface area contributed by atoms with Gasteiger partial charge in [-0.05, 0) is 13.8 Å². The minimum absolute atomic E-state index is 0. The zero-order valence-corrected chi connectivity index (χ0v) is 48.3. The maximum atomic E-state index is 11.0. The van der Waals surface area contributed by atoms with Crippen LogP contribution < -0.4 is 0 Å². The summed E-state index contributed by atoms with van der Waals surface area (Å²) in [4.78, 5) is 57.2. The molecule has 0 aromatic heterocycles. The molecule has 7 N–H and O–H groups in total. The van der Waals surface area contributed by atoms with Crippen LogP contribution in [-0.2, 0) is 139 Å². The van der Waals surface area contributed by atoms with E-state index in [2.05, 4.69) is 4.74 Å². The van der Waals surface area contributed by atoms with Gasteiger partial charge < -0.3 is 107 Å². The minimum atomic E-state index is -0.833. The molecule has 0 unspecified atom stereocenters. The molecule has 458 valence electrons. The van der Waals surface area contributed by atoms with E-state index in [1.807, 2.05) is 0 Å². The summed E-state index contributed by atoms with van der Waals surface area (Å²) >= 11 is 0. The van der Waals surface area contributed by atoms with Gasteiger partial charge in [-0.25, -0.2) is 4.79 Å². The molecular weight excluding hydrogens is 1190 g/mol. The molecule has 0 rings (SSSR count). The van der Waals surface area contributed by atoms with Gasteiger partial charge in [0.05, 0.1) is 198 Å². The standard InChI is InChI=1S/C18H36O10.C14H30O8.C5H10O2.4C2H4O2.2Rh/c1-2-28-18(20)17-27-16-15-26-14-13-25-12-11-24-10-9-23-8-7-22-6-5-21-4-3-19;15-1-3-17-5-7-19-9-11-21-13-14-22-12-10-20-8-6-18-4-2-16;1-3-5(6)7-4-2;4*1-2(3)4;;/h19H,2-17H2,1H3;15-16H,1-14H2;3-4H2,1-2H3;4*1H3,(H,3,4);;. The molecule has 0 spiro atoms. The first-order chi connectivity index (χ1) is 35.0. The molecule has 0 atom stereocenters. The van der Waals surface area contributed by atoms with Gasteiger partial charge in [0.25, 0.3) is 23.9 Å². The maximum Gasteiger partial charge on any atom is 0.332 e. The van der Waals surface area contributed by atoms with E-state index in [4.69, 9.17) is 121 Å². The Labute approximate surface area is 468 Å². The van der Waals surface area contributed by atoms with Gasteiger partial charge in [0.2, 0.25) is 0 Å². The van der Waals surface area contributed by atoms with Crippen LogP contribution in [0.2, 0.25) is 0 Å². The average Bonchev–Trinajstić information content (AvgIpc) is 3.31. The number of hydrogen-bond donors (Lipinski definition) is 7. The van der Waals surface area contributed by atoms with Crippen molar-refractivity contribution in [2.24, 2.45) is 0 Å². The van der Waals surface area contributed by atoms with Crippen LogP contribution >= 0.6 is 0 Å². The normalized spacial score (nSPS) is 9.52. The second-order valence-electron chi connectivity index (χ2n) is 12.6. The number of carbonyl (C=O) groups excluding carboxylic acids is 2. The summed E-state index contributed by atoms with van der Waals surface area (Å²) in [6, 6.07) is 0. The number of aliphatic hydroxyl groups is 3. The van der Waals surface area contributed by atoms with Crippen molar-refractivity contribution in [3.8, 4) is 0 Å². The Balaban J connectivity index is -0.000000116. The van der Waals surface area contributed by atoms with Crippen molar-refractivity contribution >= 4 is 35.8 Å². The molecule has 0 saturated heterocycles. The number of carboxylic acid groups (broad SMARTS) is 4. The SMILES string of the molecule is CC(=O)O.CC(=O)O.CC(=O)O.CC(=O)O.CCOC(=O)CC.CCOC(=O)COCCOCCOCCOCCOCCOCCOCCO.OCCOCCOCCOCCOCCOCCOCCO.[Rh].[Rh]. The first-order valence-corrected chi connectivity index (χ1v) is 23.4. The molecule has 0 fully saturated rings. The molecule has 30 heteroatoms. The summed E-state index contributed by atoms with van der Waals surface area (Å²) < 4.78 is 77.3. The summed E-state index contributed by atoms with van der Waals surface area (Å²) in [6.07, 6.45) is 0.480. The number of carbonyl (C=O) groups is 6. The van der Waals surface area contributed by atoms with Crippen molar-refractivity contribution in [3.63, 3.8) is 0 Å². The van der Waals surface area contributed by atoms with E-state index in [0.29, 0.717) is 185 Å². The van der Waals surface area contributed by atoms with Crippen LogP contribution in [-0.4, -0.2) is 276 Å². The van der Waals surface area contributed by atoms with Crippen molar-refractivity contribution in [1.29, 1.82) is 0 Å². The van der Waals surface area contributed by atoms with Crippen molar-refractivity contribution in [3.05, 3.63) is 0 Å². The zero-order valence-electron chi connectivity index (χ0n) is 45.0. The Bertz CT molecular complexity index is 1030. The number of aliphatic carboxylic acids is 4. The first kappa shape index (κ1) is 91.8. The predicted molar refractivity (Wildman–Crippen MR) is 259 cm³/mol. The minimum Gasteiger partial charge on any atom is -0.481 e. The Morgan fingerprint density at radius 1 is 0.280 bits per heavy atom. The third-order valence-electron chi connectivity index (χ3n) is 5.92. The number of hydrogen-bond acceptors (Lipinski definition) is 24. The fourth-order valence-electron chi connectivity index (χ4n) is 3.34. The van der Waals surface area contributed by atoms with Crippen LogP contribution in [0.15, 0.2) is 0 Å². The van der Waals surface area contributed by atoms with Gasteiger partial charge in [-0.15, -0.1) is 0 Å². The summed E-state index contributed by atoms with van der Waals surface area (Å²) in [6.45, 7) is 22.2. The van der Waals surface area contributed by atoms with Crippen molar-refractivity contribution < 1.29 is 175 Å². The molecule has 0 aliphatic carbocycles. The fourth-order valence-corrected chi connectivity index (χ4v) is 3.34. The quantitative estimate of drug-likeness (QED) is 0.0241. The number of aliphatic hydroxyl groups excluding tert-OH is 3. The van der Waals surface area contributed by atoms with Gasteiger partial charge in [-0.1, -0.05) is 6.92 Å². The van der Waals surface area contributed by atoms with Crippen molar-refractivity contribution in [2.75, 3.05) is 205 Å². The maximum absolute atomic E-state index is 11.0. The van der Waals surface area contributed by atoms with E-state index in [1.165, 1.54) is 0 Å². The molecule has 0 aromatic carbocycles. The van der Waals surface area contributed by atoms with Gasteiger partial charge in [-0.3, -0.25) is 24.0 Å².